The lowest BCUT2D eigenvalue weighted by Crippen LogP contribution is -2.12. The normalized spacial score (nSPS) is 10.2. The van der Waals surface area contributed by atoms with E-state index in [9.17, 15) is 4.39 Å². The van der Waals surface area contributed by atoms with Gasteiger partial charge >= 0.3 is 0 Å². The first-order valence-corrected chi connectivity index (χ1v) is 6.50. The number of thiocarbonyl (C=S) groups is 1. The highest BCUT2D eigenvalue weighted by Crippen LogP contribution is 2.28. The van der Waals surface area contributed by atoms with Crippen molar-refractivity contribution < 1.29 is 9.13 Å². The van der Waals surface area contributed by atoms with Gasteiger partial charge in [-0.3, -0.25) is 0 Å². The molecular weight excluding hydrogens is 299 g/mol. The van der Waals surface area contributed by atoms with Crippen LogP contribution in [0.15, 0.2) is 36.4 Å². The van der Waals surface area contributed by atoms with Crippen molar-refractivity contribution in [2.24, 2.45) is 5.73 Å². The topological polar surface area (TPSA) is 47.3 Å². The van der Waals surface area contributed by atoms with Crippen LogP contribution in [-0.2, 0) is 0 Å². The third-order valence-electron chi connectivity index (χ3n) is 2.69. The maximum Gasteiger partial charge on any atom is 0.141 e. The predicted octanol–water partition coefficient (Wildman–Crippen LogP) is 3.87. The first kappa shape index (κ1) is 14.6. The maximum atomic E-state index is 13.1. The Kier molecular flexibility index (Phi) is 4.42. The molecule has 0 aromatic heterocycles. The summed E-state index contributed by atoms with van der Waals surface area (Å²) in [6.45, 7) is 0. The van der Waals surface area contributed by atoms with E-state index in [0.29, 0.717) is 22.7 Å². The van der Waals surface area contributed by atoms with Crippen LogP contribution < -0.4 is 15.8 Å². The van der Waals surface area contributed by atoms with Crippen molar-refractivity contribution in [1.29, 1.82) is 0 Å². The third kappa shape index (κ3) is 3.18. The molecule has 0 unspecified atom stereocenters. The van der Waals surface area contributed by atoms with Gasteiger partial charge in [0.05, 0.1) is 17.8 Å². The van der Waals surface area contributed by atoms with E-state index in [0.717, 1.165) is 0 Å². The molecule has 2 rings (SSSR count). The van der Waals surface area contributed by atoms with E-state index in [-0.39, 0.29) is 10.0 Å². The van der Waals surface area contributed by atoms with E-state index in [1.165, 1.54) is 12.1 Å². The highest BCUT2D eigenvalue weighted by molar-refractivity contribution is 7.80. The van der Waals surface area contributed by atoms with E-state index >= 15 is 0 Å². The number of ether oxygens (including phenoxy) is 1. The Bertz CT molecular complexity index is 664. The molecule has 0 atom stereocenters. The summed E-state index contributed by atoms with van der Waals surface area (Å²) in [5.41, 5.74) is 7.64. The molecule has 0 spiro atoms. The van der Waals surface area contributed by atoms with Gasteiger partial charge in [-0.15, -0.1) is 0 Å². The number of hydrogen-bond acceptors (Lipinski definition) is 3. The Morgan fingerprint density at radius 2 is 2.05 bits per heavy atom. The molecule has 0 amide bonds. The molecule has 6 heteroatoms. The zero-order valence-electron chi connectivity index (χ0n) is 10.6. The monoisotopic (exact) mass is 310 g/mol. The molecule has 0 fully saturated rings. The first-order chi connectivity index (χ1) is 9.51. The Morgan fingerprint density at radius 3 is 2.65 bits per heavy atom. The van der Waals surface area contributed by atoms with Crippen LogP contribution in [0.1, 0.15) is 5.56 Å². The smallest absolute Gasteiger partial charge is 0.141 e. The molecule has 0 heterocycles. The van der Waals surface area contributed by atoms with Gasteiger partial charge in [-0.2, -0.15) is 0 Å². The number of methoxy groups -OCH3 is 1. The summed E-state index contributed by atoms with van der Waals surface area (Å²) in [7, 11) is 1.56. The van der Waals surface area contributed by atoms with E-state index in [4.69, 9.17) is 34.3 Å². The Balaban J connectivity index is 2.40. The van der Waals surface area contributed by atoms with Crippen LogP contribution in [0.5, 0.6) is 5.75 Å². The van der Waals surface area contributed by atoms with Crippen molar-refractivity contribution in [1.82, 2.24) is 0 Å². The molecule has 0 radical (unpaired) electrons. The molecule has 104 valence electrons. The molecule has 0 saturated heterocycles. The number of nitrogens with one attached hydrogen (secondary N) is 1. The fourth-order valence-corrected chi connectivity index (χ4v) is 2.06. The largest absolute Gasteiger partial charge is 0.497 e. The number of benzene rings is 2. The van der Waals surface area contributed by atoms with Crippen LogP contribution in [0, 0.1) is 5.82 Å². The summed E-state index contributed by atoms with van der Waals surface area (Å²) < 4.78 is 18.3. The average Bonchev–Trinajstić information content (AvgIpc) is 2.42. The highest BCUT2D eigenvalue weighted by Gasteiger charge is 2.08. The second-order valence-corrected chi connectivity index (χ2v) is 4.88. The van der Waals surface area contributed by atoms with Gasteiger partial charge < -0.3 is 15.8 Å². The Labute approximate surface area is 126 Å². The molecule has 0 bridgehead atoms. The van der Waals surface area contributed by atoms with Gasteiger partial charge in [-0.1, -0.05) is 23.8 Å². The minimum absolute atomic E-state index is 0.0368. The van der Waals surface area contributed by atoms with Crippen LogP contribution in [0.4, 0.5) is 15.8 Å². The summed E-state index contributed by atoms with van der Waals surface area (Å²) in [4.78, 5) is 0.253. The van der Waals surface area contributed by atoms with Crippen molar-refractivity contribution in [3.63, 3.8) is 0 Å². The molecule has 2 aromatic rings. The van der Waals surface area contributed by atoms with Crippen molar-refractivity contribution in [2.45, 2.75) is 0 Å². The molecule has 3 nitrogen and oxygen atoms in total. The van der Waals surface area contributed by atoms with E-state index in [1.54, 1.807) is 31.4 Å². The molecular formula is C14H12ClFN2OS. The molecule has 2 aromatic carbocycles. The van der Waals surface area contributed by atoms with Crippen LogP contribution in [0.25, 0.3) is 0 Å². The molecule has 0 aliphatic heterocycles. The van der Waals surface area contributed by atoms with Gasteiger partial charge in [0.25, 0.3) is 0 Å². The quantitative estimate of drug-likeness (QED) is 0.842. The zero-order valence-corrected chi connectivity index (χ0v) is 12.2. The van der Waals surface area contributed by atoms with E-state index < -0.39 is 5.82 Å². The van der Waals surface area contributed by atoms with E-state index in [2.05, 4.69) is 5.32 Å². The van der Waals surface area contributed by atoms with Crippen LogP contribution in [0.2, 0.25) is 5.02 Å². The van der Waals surface area contributed by atoms with E-state index in [1.807, 2.05) is 0 Å². The summed E-state index contributed by atoms with van der Waals surface area (Å²) >= 11 is 10.8. The summed E-state index contributed by atoms with van der Waals surface area (Å²) in [5.74, 6) is 0.179. The Hall–Kier alpha value is -1.85. The van der Waals surface area contributed by atoms with Gasteiger partial charge in [0.2, 0.25) is 0 Å². The zero-order chi connectivity index (χ0) is 14.7. The standard InChI is InChI=1S/C14H12ClFN2OS/c1-19-9-3-4-10(14(17)20)13(7-9)18-8-2-5-12(16)11(15)6-8/h2-7,18H,1H3,(H2,17,20). The summed E-state index contributed by atoms with van der Waals surface area (Å²) in [6.07, 6.45) is 0. The number of nitrogens with two attached hydrogens (primary N) is 1. The van der Waals surface area contributed by atoms with Gasteiger partial charge in [0, 0.05) is 17.3 Å². The molecule has 0 saturated carbocycles. The van der Waals surface area contributed by atoms with Gasteiger partial charge in [-0.25, -0.2) is 4.39 Å². The highest BCUT2D eigenvalue weighted by atomic mass is 35.5. The maximum absolute atomic E-state index is 13.1. The first-order valence-electron chi connectivity index (χ1n) is 5.71. The van der Waals surface area contributed by atoms with Crippen molar-refractivity contribution in [2.75, 3.05) is 12.4 Å². The van der Waals surface area contributed by atoms with Crippen LogP contribution in [-0.4, -0.2) is 12.1 Å². The lowest BCUT2D eigenvalue weighted by molar-refractivity contribution is 0.415. The second kappa shape index (κ2) is 6.07. The number of anilines is 2. The number of halogens is 2. The predicted molar refractivity (Wildman–Crippen MR) is 83.6 cm³/mol. The van der Waals surface area contributed by atoms with Crippen molar-refractivity contribution in [3.05, 3.63) is 52.8 Å². The van der Waals surface area contributed by atoms with Crippen molar-refractivity contribution in [3.8, 4) is 5.75 Å². The van der Waals surface area contributed by atoms with Gasteiger partial charge in [0.15, 0.2) is 0 Å². The fraction of sp³-hybridized carbons (Fsp3) is 0.0714. The van der Waals surface area contributed by atoms with Crippen molar-refractivity contribution >= 4 is 40.2 Å². The second-order valence-electron chi connectivity index (χ2n) is 4.03. The average molecular weight is 311 g/mol. The fourth-order valence-electron chi connectivity index (χ4n) is 1.70. The lowest BCUT2D eigenvalue weighted by atomic mass is 10.1. The number of hydrogen-bond donors (Lipinski definition) is 2. The lowest BCUT2D eigenvalue weighted by Gasteiger charge is -2.13. The van der Waals surface area contributed by atoms with Gasteiger partial charge in [0.1, 0.15) is 16.6 Å². The SMILES string of the molecule is COc1ccc(C(N)=S)c(Nc2ccc(F)c(Cl)c2)c1. The third-order valence-corrected chi connectivity index (χ3v) is 3.20. The molecule has 3 N–H and O–H groups in total. The number of rotatable bonds is 4. The van der Waals surface area contributed by atoms with Crippen LogP contribution in [0.3, 0.4) is 0 Å². The molecule has 0 aliphatic rings. The van der Waals surface area contributed by atoms with Gasteiger partial charge in [-0.05, 0) is 30.3 Å². The summed E-state index contributed by atoms with van der Waals surface area (Å²) in [6, 6.07) is 9.62. The molecule has 0 aliphatic carbocycles. The minimum atomic E-state index is -0.475. The minimum Gasteiger partial charge on any atom is -0.497 e. The van der Waals surface area contributed by atoms with Crippen LogP contribution >= 0.6 is 23.8 Å². The summed E-state index contributed by atoms with van der Waals surface area (Å²) in [5, 5.41) is 3.13. The Morgan fingerprint density at radius 1 is 1.30 bits per heavy atom. The molecule has 20 heavy (non-hydrogen) atoms.